The van der Waals surface area contributed by atoms with Crippen molar-refractivity contribution in [3.63, 3.8) is 0 Å². The molecule has 2 N–H and O–H groups in total. The Morgan fingerprint density at radius 3 is 3.00 bits per heavy atom. The summed E-state index contributed by atoms with van der Waals surface area (Å²) >= 11 is 5.83. The van der Waals surface area contributed by atoms with Crippen molar-refractivity contribution in [3.8, 4) is 5.75 Å². The molecule has 0 radical (unpaired) electrons. The molecule has 0 aliphatic carbocycles. The Kier molecular flexibility index (Phi) is 4.49. The predicted octanol–water partition coefficient (Wildman–Crippen LogP) is 1.33. The molecule has 2 rings (SSSR count). The van der Waals surface area contributed by atoms with Crippen LogP contribution >= 0.6 is 11.6 Å². The number of amides is 2. The number of carbonyl (C=O) groups is 2. The summed E-state index contributed by atoms with van der Waals surface area (Å²) in [7, 11) is 0. The van der Waals surface area contributed by atoms with E-state index < -0.39 is 0 Å². The summed E-state index contributed by atoms with van der Waals surface area (Å²) in [5.41, 5.74) is 0.744. The molecular formula is C14H17ClN2O3. The van der Waals surface area contributed by atoms with Crippen LogP contribution in [-0.4, -0.2) is 41.0 Å². The van der Waals surface area contributed by atoms with Gasteiger partial charge >= 0.3 is 0 Å². The van der Waals surface area contributed by atoms with Crippen molar-refractivity contribution in [1.29, 1.82) is 0 Å². The number of nitrogens with zero attached hydrogens (tertiary/aromatic N) is 1. The molecule has 2 amide bonds. The quantitative estimate of drug-likeness (QED) is 0.865. The third-order valence-electron chi connectivity index (χ3n) is 3.39. The van der Waals surface area contributed by atoms with Gasteiger partial charge < -0.3 is 15.3 Å². The standard InChI is InChI=1S/C14H17ClN2O3/c1-9-8-16-13(19)4-5-17(9)14(20)7-10-2-3-12(18)11(15)6-10/h2-3,6,9,18H,4-5,7-8H2,1H3,(H,16,19). The molecule has 1 atom stereocenters. The normalized spacial score (nSPS) is 19.4. The number of aromatic hydroxyl groups is 1. The van der Waals surface area contributed by atoms with Crippen LogP contribution in [0.4, 0.5) is 0 Å². The van der Waals surface area contributed by atoms with Crippen LogP contribution < -0.4 is 5.32 Å². The molecule has 5 nitrogen and oxygen atoms in total. The molecule has 1 heterocycles. The fourth-order valence-corrected chi connectivity index (χ4v) is 2.41. The molecule has 6 heteroatoms. The third-order valence-corrected chi connectivity index (χ3v) is 3.70. The molecule has 1 aromatic rings. The zero-order chi connectivity index (χ0) is 14.7. The molecule has 1 fully saturated rings. The molecule has 20 heavy (non-hydrogen) atoms. The highest BCUT2D eigenvalue weighted by Crippen LogP contribution is 2.24. The van der Waals surface area contributed by atoms with E-state index in [0.717, 1.165) is 5.56 Å². The van der Waals surface area contributed by atoms with Gasteiger partial charge in [0.05, 0.1) is 11.4 Å². The first-order valence-electron chi connectivity index (χ1n) is 6.51. The SMILES string of the molecule is CC1CNC(=O)CCN1C(=O)Cc1ccc(O)c(Cl)c1. The highest BCUT2D eigenvalue weighted by Gasteiger charge is 2.24. The van der Waals surface area contributed by atoms with Gasteiger partial charge in [-0.05, 0) is 24.6 Å². The molecule has 0 saturated carbocycles. The number of benzene rings is 1. The number of rotatable bonds is 2. The maximum Gasteiger partial charge on any atom is 0.227 e. The zero-order valence-electron chi connectivity index (χ0n) is 11.2. The molecular weight excluding hydrogens is 280 g/mol. The van der Waals surface area contributed by atoms with Crippen molar-refractivity contribution in [3.05, 3.63) is 28.8 Å². The Balaban J connectivity index is 2.06. The summed E-state index contributed by atoms with van der Waals surface area (Å²) in [6.45, 7) is 2.81. The molecule has 0 aromatic heterocycles. The maximum atomic E-state index is 12.3. The van der Waals surface area contributed by atoms with E-state index in [4.69, 9.17) is 11.6 Å². The van der Waals surface area contributed by atoms with E-state index in [9.17, 15) is 14.7 Å². The van der Waals surface area contributed by atoms with Gasteiger partial charge in [-0.3, -0.25) is 9.59 Å². The second-order valence-electron chi connectivity index (χ2n) is 4.95. The monoisotopic (exact) mass is 296 g/mol. The number of carbonyl (C=O) groups excluding carboxylic acids is 2. The van der Waals surface area contributed by atoms with E-state index in [-0.39, 0.29) is 35.0 Å². The molecule has 108 valence electrons. The van der Waals surface area contributed by atoms with E-state index in [1.54, 1.807) is 17.0 Å². The Hall–Kier alpha value is -1.75. The first-order valence-corrected chi connectivity index (χ1v) is 6.88. The minimum Gasteiger partial charge on any atom is -0.506 e. The lowest BCUT2D eigenvalue weighted by Crippen LogP contribution is -2.42. The molecule has 1 aliphatic rings. The first-order chi connectivity index (χ1) is 9.47. The summed E-state index contributed by atoms with van der Waals surface area (Å²) < 4.78 is 0. The minimum atomic E-state index is -0.0456. The molecule has 0 spiro atoms. The summed E-state index contributed by atoms with van der Waals surface area (Å²) in [5, 5.41) is 12.4. The highest BCUT2D eigenvalue weighted by molar-refractivity contribution is 6.32. The van der Waals surface area contributed by atoms with Crippen molar-refractivity contribution >= 4 is 23.4 Å². The van der Waals surface area contributed by atoms with Gasteiger partial charge in [-0.2, -0.15) is 0 Å². The highest BCUT2D eigenvalue weighted by atomic mass is 35.5. The number of nitrogens with one attached hydrogen (secondary N) is 1. The van der Waals surface area contributed by atoms with Crippen LogP contribution in [0.1, 0.15) is 18.9 Å². The van der Waals surface area contributed by atoms with Crippen LogP contribution in [0.3, 0.4) is 0 Å². The van der Waals surface area contributed by atoms with Crippen molar-refractivity contribution in [2.24, 2.45) is 0 Å². The van der Waals surface area contributed by atoms with Crippen LogP contribution in [0.5, 0.6) is 5.75 Å². The van der Waals surface area contributed by atoms with Crippen LogP contribution in [0, 0.1) is 0 Å². The molecule has 1 saturated heterocycles. The summed E-state index contributed by atoms with van der Waals surface area (Å²) in [4.78, 5) is 25.4. The number of phenols is 1. The van der Waals surface area contributed by atoms with Gasteiger partial charge in [-0.15, -0.1) is 0 Å². The van der Waals surface area contributed by atoms with Crippen LogP contribution in [0.25, 0.3) is 0 Å². The predicted molar refractivity (Wildman–Crippen MR) is 75.6 cm³/mol. The minimum absolute atomic E-state index is 0.000743. The van der Waals surface area contributed by atoms with E-state index in [1.807, 2.05) is 6.92 Å². The van der Waals surface area contributed by atoms with Gasteiger partial charge in [-0.25, -0.2) is 0 Å². The summed E-state index contributed by atoms with van der Waals surface area (Å²) in [6.07, 6.45) is 0.533. The third kappa shape index (κ3) is 3.42. The number of hydrogen-bond acceptors (Lipinski definition) is 3. The number of hydrogen-bond donors (Lipinski definition) is 2. The second-order valence-corrected chi connectivity index (χ2v) is 5.36. The molecule has 1 aliphatic heterocycles. The fraction of sp³-hybridized carbons (Fsp3) is 0.429. The Morgan fingerprint density at radius 1 is 1.55 bits per heavy atom. The lowest BCUT2D eigenvalue weighted by Gasteiger charge is -2.26. The summed E-state index contributed by atoms with van der Waals surface area (Å²) in [6, 6.07) is 4.70. The maximum absolute atomic E-state index is 12.3. The average Bonchev–Trinajstić information content (AvgIpc) is 2.56. The van der Waals surface area contributed by atoms with Crippen LogP contribution in [0.2, 0.25) is 5.02 Å². The van der Waals surface area contributed by atoms with Crippen LogP contribution in [-0.2, 0) is 16.0 Å². The van der Waals surface area contributed by atoms with E-state index >= 15 is 0 Å². The fourth-order valence-electron chi connectivity index (χ4n) is 2.21. The van der Waals surface area contributed by atoms with Crippen LogP contribution in [0.15, 0.2) is 18.2 Å². The van der Waals surface area contributed by atoms with Crippen molar-refractivity contribution < 1.29 is 14.7 Å². The van der Waals surface area contributed by atoms with Gasteiger partial charge in [0.25, 0.3) is 0 Å². The van der Waals surface area contributed by atoms with E-state index in [0.29, 0.717) is 19.5 Å². The van der Waals surface area contributed by atoms with Gasteiger partial charge in [0, 0.05) is 25.6 Å². The average molecular weight is 297 g/mol. The number of phenolic OH excluding ortho intramolecular Hbond substituents is 1. The Bertz CT molecular complexity index is 533. The van der Waals surface area contributed by atoms with Crippen molar-refractivity contribution in [2.45, 2.75) is 25.8 Å². The van der Waals surface area contributed by atoms with Gasteiger partial charge in [-0.1, -0.05) is 17.7 Å². The van der Waals surface area contributed by atoms with Gasteiger partial charge in [0.2, 0.25) is 11.8 Å². The van der Waals surface area contributed by atoms with E-state index in [1.165, 1.54) is 6.07 Å². The van der Waals surface area contributed by atoms with Crippen molar-refractivity contribution in [2.75, 3.05) is 13.1 Å². The lowest BCUT2D eigenvalue weighted by molar-refractivity contribution is -0.132. The van der Waals surface area contributed by atoms with E-state index in [2.05, 4.69) is 5.32 Å². The lowest BCUT2D eigenvalue weighted by atomic mass is 10.1. The largest absolute Gasteiger partial charge is 0.506 e. The molecule has 0 bridgehead atoms. The zero-order valence-corrected chi connectivity index (χ0v) is 12.0. The second kappa shape index (κ2) is 6.13. The van der Waals surface area contributed by atoms with Crippen molar-refractivity contribution in [1.82, 2.24) is 10.2 Å². The first kappa shape index (κ1) is 14.7. The molecule has 1 aromatic carbocycles. The summed E-state index contributed by atoms with van der Waals surface area (Å²) in [5.74, 6) is -0.0728. The Morgan fingerprint density at radius 2 is 2.30 bits per heavy atom. The smallest absolute Gasteiger partial charge is 0.227 e. The molecule has 1 unspecified atom stereocenters. The Labute approximate surface area is 122 Å². The van der Waals surface area contributed by atoms with Gasteiger partial charge in [0.1, 0.15) is 5.75 Å². The van der Waals surface area contributed by atoms with Gasteiger partial charge in [0.15, 0.2) is 0 Å². The number of halogens is 1. The topological polar surface area (TPSA) is 69.6 Å².